The number of ether oxygens (including phenoxy) is 3. The van der Waals surface area contributed by atoms with Crippen LogP contribution in [0, 0.1) is 0 Å². The summed E-state index contributed by atoms with van der Waals surface area (Å²) >= 11 is 0. The molecule has 0 bridgehead atoms. The molecule has 2 N–H and O–H groups in total. The predicted octanol–water partition coefficient (Wildman–Crippen LogP) is 2.35. The summed E-state index contributed by atoms with van der Waals surface area (Å²) in [7, 11) is 3.34. The Morgan fingerprint density at radius 1 is 1.11 bits per heavy atom. The van der Waals surface area contributed by atoms with Gasteiger partial charge in [0.25, 0.3) is 0 Å². The van der Waals surface area contributed by atoms with Gasteiger partial charge in [0.05, 0.1) is 19.3 Å². The van der Waals surface area contributed by atoms with Crippen LogP contribution in [0.4, 0.5) is 0 Å². The van der Waals surface area contributed by atoms with Gasteiger partial charge < -0.3 is 19.9 Å². The van der Waals surface area contributed by atoms with Crippen LogP contribution in [-0.4, -0.2) is 26.4 Å². The highest BCUT2D eigenvalue weighted by Gasteiger charge is 2.16. The number of benzene rings is 1. The van der Waals surface area contributed by atoms with Crippen molar-refractivity contribution >= 4 is 0 Å². The third-order valence-electron chi connectivity index (χ3n) is 2.94. The second-order valence-corrected chi connectivity index (χ2v) is 4.78. The van der Waals surface area contributed by atoms with E-state index in [0.717, 1.165) is 23.5 Å². The number of nitrogens with two attached hydrogens (primary N) is 1. The zero-order valence-corrected chi connectivity index (χ0v) is 11.7. The highest BCUT2D eigenvalue weighted by atomic mass is 16.5. The number of methoxy groups -OCH3 is 2. The van der Waals surface area contributed by atoms with Gasteiger partial charge in [-0.15, -0.1) is 0 Å². The SMILES string of the molecule is COc1cc(CN)cc(OCCC(C)(C)OC)c1. The monoisotopic (exact) mass is 253 g/mol. The fourth-order valence-electron chi connectivity index (χ4n) is 1.47. The quantitative estimate of drug-likeness (QED) is 0.810. The van der Waals surface area contributed by atoms with Gasteiger partial charge in [-0.2, -0.15) is 0 Å². The van der Waals surface area contributed by atoms with Gasteiger partial charge in [-0.25, -0.2) is 0 Å². The summed E-state index contributed by atoms with van der Waals surface area (Å²) in [5.74, 6) is 1.54. The molecule has 0 atom stereocenters. The Hall–Kier alpha value is -1.26. The average molecular weight is 253 g/mol. The molecule has 0 aliphatic heterocycles. The molecular weight excluding hydrogens is 230 g/mol. The van der Waals surface area contributed by atoms with E-state index in [1.807, 2.05) is 32.0 Å². The lowest BCUT2D eigenvalue weighted by atomic mass is 10.1. The van der Waals surface area contributed by atoms with Crippen LogP contribution in [-0.2, 0) is 11.3 Å². The van der Waals surface area contributed by atoms with Crippen molar-refractivity contribution in [1.29, 1.82) is 0 Å². The minimum Gasteiger partial charge on any atom is -0.497 e. The van der Waals surface area contributed by atoms with Gasteiger partial charge in [0.2, 0.25) is 0 Å². The molecule has 0 aliphatic rings. The predicted molar refractivity (Wildman–Crippen MR) is 72.1 cm³/mol. The molecule has 1 rings (SSSR count). The van der Waals surface area contributed by atoms with E-state index in [-0.39, 0.29) is 5.60 Å². The van der Waals surface area contributed by atoms with Crippen LogP contribution in [0.25, 0.3) is 0 Å². The molecular formula is C14H23NO3. The lowest BCUT2D eigenvalue weighted by Gasteiger charge is -2.22. The molecule has 0 aliphatic carbocycles. The van der Waals surface area contributed by atoms with Crippen molar-refractivity contribution in [2.75, 3.05) is 20.8 Å². The van der Waals surface area contributed by atoms with Gasteiger partial charge in [-0.3, -0.25) is 0 Å². The van der Waals surface area contributed by atoms with Gasteiger partial charge >= 0.3 is 0 Å². The topological polar surface area (TPSA) is 53.7 Å². The van der Waals surface area contributed by atoms with Crippen LogP contribution >= 0.6 is 0 Å². The van der Waals surface area contributed by atoms with E-state index < -0.39 is 0 Å². The average Bonchev–Trinajstić information content (AvgIpc) is 2.38. The van der Waals surface area contributed by atoms with Gasteiger partial charge in [-0.05, 0) is 31.5 Å². The maximum absolute atomic E-state index is 5.71. The Morgan fingerprint density at radius 2 is 1.78 bits per heavy atom. The maximum atomic E-state index is 5.71. The zero-order valence-electron chi connectivity index (χ0n) is 11.7. The molecule has 4 nitrogen and oxygen atoms in total. The van der Waals surface area contributed by atoms with Crippen molar-refractivity contribution in [2.24, 2.45) is 5.73 Å². The summed E-state index contributed by atoms with van der Waals surface area (Å²) in [6.07, 6.45) is 0.818. The van der Waals surface area contributed by atoms with Crippen LogP contribution in [0.2, 0.25) is 0 Å². The van der Waals surface area contributed by atoms with E-state index in [1.165, 1.54) is 0 Å². The Bertz CT molecular complexity index is 355. The van der Waals surface area contributed by atoms with Gasteiger partial charge in [0, 0.05) is 26.1 Å². The van der Waals surface area contributed by atoms with E-state index in [2.05, 4.69) is 0 Å². The molecule has 0 saturated heterocycles. The summed E-state index contributed by atoms with van der Waals surface area (Å²) in [5.41, 5.74) is 6.46. The molecule has 0 unspecified atom stereocenters. The second-order valence-electron chi connectivity index (χ2n) is 4.78. The summed E-state index contributed by atoms with van der Waals surface area (Å²) in [4.78, 5) is 0. The lowest BCUT2D eigenvalue weighted by Crippen LogP contribution is -2.25. The minimum atomic E-state index is -0.171. The third-order valence-corrected chi connectivity index (χ3v) is 2.94. The normalized spacial score (nSPS) is 11.4. The standard InChI is InChI=1S/C14H23NO3/c1-14(2,17-4)5-6-18-13-8-11(10-15)7-12(9-13)16-3/h7-9H,5-6,10,15H2,1-4H3. The highest BCUT2D eigenvalue weighted by molar-refractivity contribution is 5.38. The molecule has 1 aromatic rings. The van der Waals surface area contributed by atoms with Crippen molar-refractivity contribution in [3.05, 3.63) is 23.8 Å². The van der Waals surface area contributed by atoms with Gasteiger partial charge in [0.1, 0.15) is 11.5 Å². The van der Waals surface area contributed by atoms with E-state index in [9.17, 15) is 0 Å². The van der Waals surface area contributed by atoms with Crippen LogP contribution < -0.4 is 15.2 Å². The second kappa shape index (κ2) is 6.61. The number of hydrogen-bond acceptors (Lipinski definition) is 4. The summed E-state index contributed by atoms with van der Waals surface area (Å²) < 4.78 is 16.3. The summed E-state index contributed by atoms with van der Waals surface area (Å²) in [6, 6.07) is 5.70. The molecule has 0 radical (unpaired) electrons. The number of rotatable bonds is 7. The van der Waals surface area contributed by atoms with E-state index in [1.54, 1.807) is 14.2 Å². The molecule has 0 saturated carbocycles. The summed E-state index contributed by atoms with van der Waals surface area (Å²) in [6.45, 7) is 5.13. The van der Waals surface area contributed by atoms with Crippen LogP contribution in [0.15, 0.2) is 18.2 Å². The van der Waals surface area contributed by atoms with Gasteiger partial charge in [0.15, 0.2) is 0 Å². The zero-order chi connectivity index (χ0) is 13.6. The Morgan fingerprint density at radius 3 is 2.33 bits per heavy atom. The molecule has 102 valence electrons. The van der Waals surface area contributed by atoms with Crippen molar-refractivity contribution < 1.29 is 14.2 Å². The third kappa shape index (κ3) is 4.55. The fraction of sp³-hybridized carbons (Fsp3) is 0.571. The molecule has 0 spiro atoms. The molecule has 1 aromatic carbocycles. The van der Waals surface area contributed by atoms with Crippen molar-refractivity contribution in [1.82, 2.24) is 0 Å². The first-order valence-corrected chi connectivity index (χ1v) is 6.06. The molecule has 0 aromatic heterocycles. The first-order chi connectivity index (χ1) is 8.50. The highest BCUT2D eigenvalue weighted by Crippen LogP contribution is 2.23. The smallest absolute Gasteiger partial charge is 0.123 e. The minimum absolute atomic E-state index is 0.171. The molecule has 18 heavy (non-hydrogen) atoms. The maximum Gasteiger partial charge on any atom is 0.123 e. The molecule has 0 fully saturated rings. The molecule has 0 heterocycles. The Balaban J connectivity index is 2.61. The molecule has 0 amide bonds. The lowest BCUT2D eigenvalue weighted by molar-refractivity contribution is 0.00544. The molecule has 4 heteroatoms. The first-order valence-electron chi connectivity index (χ1n) is 6.06. The van der Waals surface area contributed by atoms with Crippen LogP contribution in [0.3, 0.4) is 0 Å². The van der Waals surface area contributed by atoms with Gasteiger partial charge in [-0.1, -0.05) is 0 Å². The van der Waals surface area contributed by atoms with Crippen molar-refractivity contribution in [2.45, 2.75) is 32.4 Å². The fourth-order valence-corrected chi connectivity index (χ4v) is 1.47. The van der Waals surface area contributed by atoms with Crippen molar-refractivity contribution in [3.63, 3.8) is 0 Å². The Labute approximate surface area is 109 Å². The van der Waals surface area contributed by atoms with E-state index in [0.29, 0.717) is 13.2 Å². The number of hydrogen-bond donors (Lipinski definition) is 1. The Kier molecular flexibility index (Phi) is 5.44. The van der Waals surface area contributed by atoms with Crippen LogP contribution in [0.5, 0.6) is 11.5 Å². The largest absolute Gasteiger partial charge is 0.497 e. The van der Waals surface area contributed by atoms with Crippen LogP contribution in [0.1, 0.15) is 25.8 Å². The van der Waals surface area contributed by atoms with E-state index >= 15 is 0 Å². The van der Waals surface area contributed by atoms with Crippen molar-refractivity contribution in [3.8, 4) is 11.5 Å². The van der Waals surface area contributed by atoms with E-state index in [4.69, 9.17) is 19.9 Å². The first kappa shape index (κ1) is 14.8. The summed E-state index contributed by atoms with van der Waals surface area (Å²) in [5, 5.41) is 0.